The zero-order valence-corrected chi connectivity index (χ0v) is 15.0. The molecule has 6 heteroatoms. The molecule has 0 saturated heterocycles. The molecule has 3 aromatic carbocycles. The van der Waals surface area contributed by atoms with Crippen molar-refractivity contribution in [2.24, 2.45) is 0 Å². The minimum Gasteiger partial charge on any atom is -0.457 e. The number of sulfonamides is 1. The van der Waals surface area contributed by atoms with E-state index >= 15 is 0 Å². The van der Waals surface area contributed by atoms with Crippen LogP contribution in [0.4, 0.5) is 5.69 Å². The summed E-state index contributed by atoms with van der Waals surface area (Å²) in [6.07, 6.45) is 0. The van der Waals surface area contributed by atoms with Gasteiger partial charge in [-0.25, -0.2) is 8.42 Å². The average Bonchev–Trinajstić information content (AvgIpc) is 2.58. The molecule has 0 spiro atoms. The number of ether oxygens (including phenoxy) is 1. The Labute approximate surface area is 152 Å². The summed E-state index contributed by atoms with van der Waals surface area (Å²) in [5.41, 5.74) is 1.35. The Morgan fingerprint density at radius 2 is 1.48 bits per heavy atom. The van der Waals surface area contributed by atoms with E-state index in [0.29, 0.717) is 22.2 Å². The van der Waals surface area contributed by atoms with Gasteiger partial charge >= 0.3 is 0 Å². The van der Waals surface area contributed by atoms with E-state index < -0.39 is 10.0 Å². The van der Waals surface area contributed by atoms with Crippen LogP contribution in [0.5, 0.6) is 11.5 Å². The van der Waals surface area contributed by atoms with Gasteiger partial charge in [0.15, 0.2) is 0 Å². The highest BCUT2D eigenvalue weighted by Crippen LogP contribution is 2.25. The molecule has 0 fully saturated rings. The van der Waals surface area contributed by atoms with Gasteiger partial charge in [0.05, 0.1) is 4.90 Å². The number of hydrogen-bond acceptors (Lipinski definition) is 3. The maximum absolute atomic E-state index is 12.4. The van der Waals surface area contributed by atoms with Crippen LogP contribution in [0.25, 0.3) is 0 Å². The molecule has 0 atom stereocenters. The third-order valence-corrected chi connectivity index (χ3v) is 5.09. The summed E-state index contributed by atoms with van der Waals surface area (Å²) >= 11 is 5.84. The van der Waals surface area contributed by atoms with Gasteiger partial charge in [-0.1, -0.05) is 23.7 Å². The molecule has 0 radical (unpaired) electrons. The standard InChI is InChI=1S/C19H16ClNO3S/c1-14-3-2-4-19(13-14)25(22,23)21-16-7-11-18(12-8-16)24-17-9-5-15(20)6-10-17/h2-13,21H,1H3. The molecule has 0 unspecified atom stereocenters. The van der Waals surface area contributed by atoms with E-state index in [4.69, 9.17) is 16.3 Å². The number of anilines is 1. The van der Waals surface area contributed by atoms with Gasteiger partial charge in [-0.05, 0) is 73.2 Å². The number of benzene rings is 3. The van der Waals surface area contributed by atoms with Crippen LogP contribution in [0.1, 0.15) is 5.56 Å². The van der Waals surface area contributed by atoms with Crippen LogP contribution in [0.3, 0.4) is 0 Å². The van der Waals surface area contributed by atoms with Crippen molar-refractivity contribution in [1.29, 1.82) is 0 Å². The normalized spacial score (nSPS) is 11.1. The first kappa shape index (κ1) is 17.3. The first-order valence-electron chi connectivity index (χ1n) is 7.55. The van der Waals surface area contributed by atoms with Gasteiger partial charge in [0.1, 0.15) is 11.5 Å². The quantitative estimate of drug-likeness (QED) is 0.665. The lowest BCUT2D eigenvalue weighted by Crippen LogP contribution is -2.12. The van der Waals surface area contributed by atoms with Crippen LogP contribution in [-0.4, -0.2) is 8.42 Å². The van der Waals surface area contributed by atoms with Crippen molar-refractivity contribution in [3.63, 3.8) is 0 Å². The SMILES string of the molecule is Cc1cccc(S(=O)(=O)Nc2ccc(Oc3ccc(Cl)cc3)cc2)c1. The molecule has 0 bridgehead atoms. The van der Waals surface area contributed by atoms with Gasteiger partial charge in [-0.2, -0.15) is 0 Å². The molecule has 0 aromatic heterocycles. The zero-order valence-electron chi connectivity index (χ0n) is 13.4. The molecule has 0 saturated carbocycles. The molecular weight excluding hydrogens is 358 g/mol. The van der Waals surface area contributed by atoms with Crippen molar-refractivity contribution in [2.45, 2.75) is 11.8 Å². The van der Waals surface area contributed by atoms with Crippen LogP contribution >= 0.6 is 11.6 Å². The summed E-state index contributed by atoms with van der Waals surface area (Å²) < 4.78 is 33.1. The van der Waals surface area contributed by atoms with Gasteiger partial charge in [0.25, 0.3) is 10.0 Å². The monoisotopic (exact) mass is 373 g/mol. The molecule has 0 amide bonds. The minimum atomic E-state index is -3.62. The summed E-state index contributed by atoms with van der Waals surface area (Å²) in [4.78, 5) is 0.231. The second kappa shape index (κ2) is 7.17. The number of nitrogens with one attached hydrogen (secondary N) is 1. The van der Waals surface area contributed by atoms with E-state index in [0.717, 1.165) is 5.56 Å². The fraction of sp³-hybridized carbons (Fsp3) is 0.0526. The summed E-state index contributed by atoms with van der Waals surface area (Å²) in [6.45, 7) is 1.85. The number of hydrogen-bond donors (Lipinski definition) is 1. The smallest absolute Gasteiger partial charge is 0.261 e. The molecule has 128 valence electrons. The number of aryl methyl sites for hydroxylation is 1. The molecule has 3 rings (SSSR count). The predicted molar refractivity (Wildman–Crippen MR) is 100.0 cm³/mol. The van der Waals surface area contributed by atoms with Crippen molar-refractivity contribution >= 4 is 27.3 Å². The van der Waals surface area contributed by atoms with Crippen molar-refractivity contribution in [1.82, 2.24) is 0 Å². The third kappa shape index (κ3) is 4.53. The van der Waals surface area contributed by atoms with Crippen LogP contribution in [0.15, 0.2) is 77.7 Å². The van der Waals surface area contributed by atoms with Crippen LogP contribution in [-0.2, 0) is 10.0 Å². The molecule has 0 aliphatic carbocycles. The maximum atomic E-state index is 12.4. The highest BCUT2D eigenvalue weighted by Gasteiger charge is 2.14. The highest BCUT2D eigenvalue weighted by atomic mass is 35.5. The van der Waals surface area contributed by atoms with E-state index in [-0.39, 0.29) is 4.90 Å². The first-order valence-corrected chi connectivity index (χ1v) is 9.41. The third-order valence-electron chi connectivity index (χ3n) is 3.46. The summed E-state index contributed by atoms with van der Waals surface area (Å²) in [5, 5.41) is 0.633. The van der Waals surface area contributed by atoms with Crippen molar-refractivity contribution in [3.05, 3.63) is 83.4 Å². The van der Waals surface area contributed by atoms with Crippen molar-refractivity contribution < 1.29 is 13.2 Å². The summed E-state index contributed by atoms with van der Waals surface area (Å²) in [7, 11) is -3.62. The van der Waals surface area contributed by atoms with Crippen molar-refractivity contribution in [3.8, 4) is 11.5 Å². The molecule has 0 aliphatic heterocycles. The summed E-state index contributed by atoms with van der Waals surface area (Å²) in [5.74, 6) is 1.25. The molecule has 0 heterocycles. The largest absolute Gasteiger partial charge is 0.457 e. The highest BCUT2D eigenvalue weighted by molar-refractivity contribution is 7.92. The Morgan fingerprint density at radius 1 is 0.880 bits per heavy atom. The van der Waals surface area contributed by atoms with Crippen molar-refractivity contribution in [2.75, 3.05) is 4.72 Å². The van der Waals surface area contributed by atoms with Gasteiger partial charge in [-0.15, -0.1) is 0 Å². The van der Waals surface area contributed by atoms with Gasteiger partial charge < -0.3 is 4.74 Å². The maximum Gasteiger partial charge on any atom is 0.261 e. The number of rotatable bonds is 5. The van der Waals surface area contributed by atoms with Gasteiger partial charge in [-0.3, -0.25) is 4.72 Å². The van der Waals surface area contributed by atoms with E-state index in [1.54, 1.807) is 66.7 Å². The van der Waals surface area contributed by atoms with E-state index in [2.05, 4.69) is 4.72 Å². The van der Waals surface area contributed by atoms with Crippen LogP contribution < -0.4 is 9.46 Å². The lowest BCUT2D eigenvalue weighted by Gasteiger charge is -2.10. The molecule has 1 N–H and O–H groups in total. The predicted octanol–water partition coefficient (Wildman–Crippen LogP) is 5.24. The topological polar surface area (TPSA) is 55.4 Å². The fourth-order valence-electron chi connectivity index (χ4n) is 2.23. The second-order valence-corrected chi connectivity index (χ2v) is 7.62. The molecule has 3 aromatic rings. The van der Waals surface area contributed by atoms with Gasteiger partial charge in [0, 0.05) is 10.7 Å². The van der Waals surface area contributed by atoms with Gasteiger partial charge in [0.2, 0.25) is 0 Å². The van der Waals surface area contributed by atoms with E-state index in [9.17, 15) is 8.42 Å². The Hall–Kier alpha value is -2.50. The molecule has 25 heavy (non-hydrogen) atoms. The zero-order chi connectivity index (χ0) is 17.9. The van der Waals surface area contributed by atoms with Crippen LogP contribution in [0, 0.1) is 6.92 Å². The first-order chi connectivity index (χ1) is 11.9. The molecular formula is C19H16ClNO3S. The molecule has 4 nitrogen and oxygen atoms in total. The fourth-order valence-corrected chi connectivity index (χ4v) is 3.52. The Balaban J connectivity index is 1.73. The van der Waals surface area contributed by atoms with E-state index in [1.165, 1.54) is 0 Å². The lowest BCUT2D eigenvalue weighted by molar-refractivity contribution is 0.483. The Kier molecular flexibility index (Phi) is 4.97. The lowest BCUT2D eigenvalue weighted by atomic mass is 10.2. The molecule has 0 aliphatic rings. The Bertz CT molecular complexity index is 968. The minimum absolute atomic E-state index is 0.231. The number of halogens is 1. The van der Waals surface area contributed by atoms with Crippen LogP contribution in [0.2, 0.25) is 5.02 Å². The second-order valence-electron chi connectivity index (χ2n) is 5.50. The van der Waals surface area contributed by atoms with E-state index in [1.807, 2.05) is 13.0 Å². The summed E-state index contributed by atoms with van der Waals surface area (Å²) in [6, 6.07) is 20.4. The average molecular weight is 374 g/mol. The Morgan fingerprint density at radius 3 is 2.08 bits per heavy atom.